The fraction of sp³-hybridized carbons (Fsp3) is 0.962. The average molecular weight is 822 g/mol. The van der Waals surface area contributed by atoms with Gasteiger partial charge in [0.25, 0.3) is 0 Å². The molecule has 0 aliphatic heterocycles. The number of esters is 2. The molecular formula is C52H103NO5. The van der Waals surface area contributed by atoms with Crippen LogP contribution < -0.4 is 0 Å². The third kappa shape index (κ3) is 40.3. The summed E-state index contributed by atoms with van der Waals surface area (Å²) >= 11 is 0. The van der Waals surface area contributed by atoms with Gasteiger partial charge in [0.15, 0.2) is 0 Å². The van der Waals surface area contributed by atoms with E-state index in [1.54, 1.807) is 0 Å². The van der Waals surface area contributed by atoms with Gasteiger partial charge in [-0.15, -0.1) is 0 Å². The highest BCUT2D eigenvalue weighted by Gasteiger charge is 2.13. The molecule has 0 fully saturated rings. The Bertz CT molecular complexity index is 774. The topological polar surface area (TPSA) is 65.1 Å². The summed E-state index contributed by atoms with van der Waals surface area (Å²) < 4.78 is 17.8. The minimum Gasteiger partial charge on any atom is -0.466 e. The van der Waals surface area contributed by atoms with Crippen molar-refractivity contribution in [2.45, 2.75) is 272 Å². The van der Waals surface area contributed by atoms with Crippen molar-refractivity contribution < 1.29 is 23.8 Å². The molecule has 0 spiro atoms. The van der Waals surface area contributed by atoms with Crippen molar-refractivity contribution in [3.05, 3.63) is 0 Å². The van der Waals surface area contributed by atoms with Gasteiger partial charge in [-0.25, -0.2) is 0 Å². The van der Waals surface area contributed by atoms with E-state index in [-0.39, 0.29) is 11.9 Å². The number of carbonyl (C=O) groups excluding carboxylic acids is 2. The molecule has 6 heteroatoms. The van der Waals surface area contributed by atoms with E-state index < -0.39 is 0 Å². The molecule has 0 aliphatic rings. The highest BCUT2D eigenvalue weighted by atomic mass is 16.5. The van der Waals surface area contributed by atoms with Gasteiger partial charge >= 0.3 is 11.9 Å². The lowest BCUT2D eigenvalue weighted by Crippen LogP contribution is -2.20. The van der Waals surface area contributed by atoms with Crippen molar-refractivity contribution in [1.82, 2.24) is 4.90 Å². The Morgan fingerprint density at radius 3 is 1.14 bits per heavy atom. The summed E-state index contributed by atoms with van der Waals surface area (Å²) in [6.07, 6.45) is 43.1. The van der Waals surface area contributed by atoms with E-state index in [1.165, 1.54) is 173 Å². The first-order valence-corrected chi connectivity index (χ1v) is 26.0. The molecule has 0 heterocycles. The molecule has 0 radical (unpaired) electrons. The van der Waals surface area contributed by atoms with Crippen molar-refractivity contribution in [3.8, 4) is 0 Å². The summed E-state index contributed by atoms with van der Waals surface area (Å²) in [5.41, 5.74) is 0. The summed E-state index contributed by atoms with van der Waals surface area (Å²) in [5.74, 6) is 1.45. The molecule has 0 rings (SSSR count). The maximum Gasteiger partial charge on any atom is 0.305 e. The van der Waals surface area contributed by atoms with E-state index in [4.69, 9.17) is 14.2 Å². The predicted molar refractivity (Wildman–Crippen MR) is 251 cm³/mol. The fourth-order valence-electron chi connectivity index (χ4n) is 8.32. The van der Waals surface area contributed by atoms with Gasteiger partial charge in [-0.2, -0.15) is 0 Å². The summed E-state index contributed by atoms with van der Waals surface area (Å²) in [6.45, 7) is 15.7. The van der Waals surface area contributed by atoms with Gasteiger partial charge in [-0.3, -0.25) is 9.59 Å². The van der Waals surface area contributed by atoms with Crippen LogP contribution in [0.4, 0.5) is 0 Å². The maximum absolute atomic E-state index is 12.4. The van der Waals surface area contributed by atoms with Crippen molar-refractivity contribution in [2.75, 3.05) is 40.0 Å². The third-order valence-corrected chi connectivity index (χ3v) is 12.6. The van der Waals surface area contributed by atoms with Crippen LogP contribution in [0.15, 0.2) is 0 Å². The van der Waals surface area contributed by atoms with Crippen LogP contribution in [0.3, 0.4) is 0 Å². The normalized spacial score (nSPS) is 11.8. The van der Waals surface area contributed by atoms with Crippen LogP contribution >= 0.6 is 0 Å². The van der Waals surface area contributed by atoms with Crippen LogP contribution in [0.1, 0.15) is 266 Å². The minimum absolute atomic E-state index is 0.00646. The lowest BCUT2D eigenvalue weighted by atomic mass is 9.92. The number of carbonyl (C=O) groups is 2. The zero-order chi connectivity index (χ0) is 42.6. The van der Waals surface area contributed by atoms with Crippen molar-refractivity contribution in [2.24, 2.45) is 11.8 Å². The van der Waals surface area contributed by atoms with E-state index in [1.807, 2.05) is 0 Å². The predicted octanol–water partition coefficient (Wildman–Crippen LogP) is 15.8. The summed E-state index contributed by atoms with van der Waals surface area (Å²) in [5, 5.41) is 0. The van der Waals surface area contributed by atoms with Gasteiger partial charge in [0.05, 0.1) is 19.3 Å². The van der Waals surface area contributed by atoms with Gasteiger partial charge in [-0.1, -0.05) is 202 Å². The molecule has 0 saturated carbocycles. The Hall–Kier alpha value is -1.14. The molecule has 0 unspecified atom stereocenters. The highest BCUT2D eigenvalue weighted by Crippen LogP contribution is 2.23. The van der Waals surface area contributed by atoms with Crippen LogP contribution in [0, 0.1) is 11.8 Å². The quantitative estimate of drug-likeness (QED) is 0.0450. The average Bonchev–Trinajstić information content (AvgIpc) is 3.22. The fourth-order valence-corrected chi connectivity index (χ4v) is 8.32. The lowest BCUT2D eigenvalue weighted by molar-refractivity contribution is -0.145. The maximum atomic E-state index is 12.4. The third-order valence-electron chi connectivity index (χ3n) is 12.6. The number of unbranched alkanes of at least 4 members (excludes halogenated alkanes) is 19. The largest absolute Gasteiger partial charge is 0.466 e. The van der Waals surface area contributed by atoms with Crippen LogP contribution in [-0.4, -0.2) is 62.9 Å². The SMILES string of the molecule is CCCCCC(CCCCC)CCOC(=O)CCCCCCCCC(CCCCCCCCC(=O)OCCC(CCCCC)CCCCC)OCCCCN(C)CC. The number of nitrogens with zero attached hydrogens (tertiary/aromatic N) is 1. The van der Waals surface area contributed by atoms with Crippen LogP contribution in [-0.2, 0) is 23.8 Å². The Morgan fingerprint density at radius 1 is 0.397 bits per heavy atom. The Balaban J connectivity index is 4.23. The molecule has 0 saturated heterocycles. The molecule has 6 nitrogen and oxygen atoms in total. The monoisotopic (exact) mass is 822 g/mol. The smallest absolute Gasteiger partial charge is 0.305 e. The number of rotatable bonds is 47. The van der Waals surface area contributed by atoms with E-state index in [0.29, 0.717) is 32.2 Å². The zero-order valence-corrected chi connectivity index (χ0v) is 40.2. The molecule has 0 aromatic rings. The first kappa shape index (κ1) is 56.9. The zero-order valence-electron chi connectivity index (χ0n) is 40.2. The summed E-state index contributed by atoms with van der Waals surface area (Å²) in [7, 11) is 2.20. The van der Waals surface area contributed by atoms with Gasteiger partial charge in [0, 0.05) is 19.4 Å². The second-order valence-electron chi connectivity index (χ2n) is 18.1. The molecule has 346 valence electrons. The van der Waals surface area contributed by atoms with Crippen LogP contribution in [0.5, 0.6) is 0 Å². The first-order chi connectivity index (χ1) is 28.4. The number of hydrogen-bond acceptors (Lipinski definition) is 6. The number of ether oxygens (including phenoxy) is 3. The standard InChI is InChI=1S/C52H103NO5/c1-7-12-24-34-48(35-25-13-8-2)42-46-57-51(54)40-30-22-18-16-20-28-38-50(56-45-33-32-44-53(6)11-5)39-29-21-17-19-23-31-41-52(55)58-47-43-49(36-26-14-9-3)37-27-15-10-4/h48-50H,7-47H2,1-6H3. The van der Waals surface area contributed by atoms with Gasteiger partial charge in [0.1, 0.15) is 0 Å². The summed E-state index contributed by atoms with van der Waals surface area (Å²) in [6, 6.07) is 0. The van der Waals surface area contributed by atoms with Crippen LogP contribution in [0.25, 0.3) is 0 Å². The first-order valence-electron chi connectivity index (χ1n) is 26.0. The van der Waals surface area contributed by atoms with E-state index >= 15 is 0 Å². The number of hydrogen-bond donors (Lipinski definition) is 0. The van der Waals surface area contributed by atoms with Crippen molar-refractivity contribution in [1.29, 1.82) is 0 Å². The van der Waals surface area contributed by atoms with E-state index in [0.717, 1.165) is 76.5 Å². The van der Waals surface area contributed by atoms with Gasteiger partial charge in [0.2, 0.25) is 0 Å². The van der Waals surface area contributed by atoms with Crippen molar-refractivity contribution >= 4 is 11.9 Å². The molecular weight excluding hydrogens is 719 g/mol. The molecule has 0 atom stereocenters. The summed E-state index contributed by atoms with van der Waals surface area (Å²) in [4.78, 5) is 27.1. The molecule has 0 amide bonds. The molecule has 0 N–H and O–H groups in total. The Morgan fingerprint density at radius 2 is 0.759 bits per heavy atom. The van der Waals surface area contributed by atoms with E-state index in [9.17, 15) is 9.59 Å². The lowest BCUT2D eigenvalue weighted by Gasteiger charge is -2.19. The highest BCUT2D eigenvalue weighted by molar-refractivity contribution is 5.69. The second kappa shape index (κ2) is 45.4. The molecule has 0 bridgehead atoms. The molecule has 58 heavy (non-hydrogen) atoms. The Labute approximate surface area is 363 Å². The van der Waals surface area contributed by atoms with Gasteiger partial charge in [-0.05, 0) is 83.3 Å². The minimum atomic E-state index is 0.00646. The van der Waals surface area contributed by atoms with Crippen LogP contribution in [0.2, 0.25) is 0 Å². The molecule has 0 aromatic carbocycles. The second-order valence-corrected chi connectivity index (χ2v) is 18.1. The van der Waals surface area contributed by atoms with E-state index in [2.05, 4.69) is 46.6 Å². The Kier molecular flexibility index (Phi) is 44.5. The van der Waals surface area contributed by atoms with Gasteiger partial charge < -0.3 is 19.1 Å². The van der Waals surface area contributed by atoms with Crippen molar-refractivity contribution in [3.63, 3.8) is 0 Å². The molecule has 0 aromatic heterocycles. The molecule has 0 aliphatic carbocycles.